The highest BCUT2D eigenvalue weighted by Crippen LogP contribution is 2.10. The smallest absolute Gasteiger partial charge is 0.254 e. The highest BCUT2D eigenvalue weighted by molar-refractivity contribution is 5.95. The quantitative estimate of drug-likeness (QED) is 0.812. The van der Waals surface area contributed by atoms with Crippen LogP contribution in [0.4, 0.5) is 0 Å². The van der Waals surface area contributed by atoms with E-state index in [9.17, 15) is 4.79 Å². The Morgan fingerprint density at radius 1 is 1.24 bits per heavy atom. The van der Waals surface area contributed by atoms with Gasteiger partial charge in [0.05, 0.1) is 18.3 Å². The normalized spacial score (nSPS) is 14.8. The third kappa shape index (κ3) is 5.29. The second-order valence-electron chi connectivity index (χ2n) is 6.13. The summed E-state index contributed by atoms with van der Waals surface area (Å²) in [6.45, 7) is 8.33. The maximum Gasteiger partial charge on any atom is 0.254 e. The Bertz CT molecular complexity index is 667. The zero-order chi connectivity index (χ0) is 16.8. The predicted molar refractivity (Wildman–Crippen MR) is 101 cm³/mol. The molecule has 1 aliphatic heterocycles. The lowest BCUT2D eigenvalue weighted by atomic mass is 10.2. The first-order chi connectivity index (χ1) is 11.7. The summed E-state index contributed by atoms with van der Waals surface area (Å²) >= 11 is 0. The molecule has 1 aromatic carbocycles. The molecule has 1 amide bonds. The van der Waals surface area contributed by atoms with E-state index in [1.807, 2.05) is 29.8 Å². The molecule has 2 N–H and O–H groups in total. The predicted octanol–water partition coefficient (Wildman–Crippen LogP) is 1.30. The van der Waals surface area contributed by atoms with Crippen LogP contribution in [-0.2, 0) is 6.54 Å². The number of nitrogens with zero attached hydrogens (tertiary/aromatic N) is 3. The van der Waals surface area contributed by atoms with Gasteiger partial charge in [-0.3, -0.25) is 14.4 Å². The van der Waals surface area contributed by atoms with Gasteiger partial charge in [0.25, 0.3) is 5.91 Å². The Kier molecular flexibility index (Phi) is 7.43. The van der Waals surface area contributed by atoms with E-state index in [0.29, 0.717) is 18.7 Å². The van der Waals surface area contributed by atoms with E-state index in [0.717, 1.165) is 38.4 Å². The van der Waals surface area contributed by atoms with Crippen LogP contribution in [0.1, 0.15) is 21.6 Å². The molecule has 2 heterocycles. The molecule has 0 unspecified atom stereocenters. The number of aromatic nitrogens is 2. The van der Waals surface area contributed by atoms with Crippen molar-refractivity contribution in [2.45, 2.75) is 13.5 Å². The zero-order valence-electron chi connectivity index (χ0n) is 14.6. The number of benzene rings is 1. The average Bonchev–Trinajstić information content (AvgIpc) is 2.97. The molecular weight excluding hydrogens is 338 g/mol. The number of rotatable bonds is 6. The second-order valence-corrected chi connectivity index (χ2v) is 6.13. The Hall–Kier alpha value is -1.89. The lowest BCUT2D eigenvalue weighted by Gasteiger charge is -2.27. The van der Waals surface area contributed by atoms with Crippen LogP contribution < -0.4 is 10.6 Å². The first-order valence-electron chi connectivity index (χ1n) is 8.51. The number of halogens is 1. The van der Waals surface area contributed by atoms with Gasteiger partial charge in [0, 0.05) is 45.0 Å². The van der Waals surface area contributed by atoms with Crippen molar-refractivity contribution in [3.63, 3.8) is 0 Å². The van der Waals surface area contributed by atoms with Crippen LogP contribution in [0.2, 0.25) is 0 Å². The zero-order valence-corrected chi connectivity index (χ0v) is 15.4. The highest BCUT2D eigenvalue weighted by atomic mass is 35.5. The number of hydrogen-bond acceptors (Lipinski definition) is 4. The van der Waals surface area contributed by atoms with Gasteiger partial charge in [-0.05, 0) is 12.5 Å². The SMILES string of the molecule is Cc1c(C(=O)NCCN2CCNCC2)cnn1Cc1ccccc1.Cl. The van der Waals surface area contributed by atoms with Crippen LogP contribution in [0, 0.1) is 6.92 Å². The fourth-order valence-electron chi connectivity index (χ4n) is 2.94. The molecule has 2 aromatic rings. The monoisotopic (exact) mass is 363 g/mol. The van der Waals surface area contributed by atoms with Crippen molar-refractivity contribution in [2.75, 3.05) is 39.3 Å². The molecule has 6 nitrogen and oxygen atoms in total. The van der Waals surface area contributed by atoms with Gasteiger partial charge in [-0.2, -0.15) is 5.10 Å². The van der Waals surface area contributed by atoms with E-state index in [-0.39, 0.29) is 18.3 Å². The van der Waals surface area contributed by atoms with Gasteiger partial charge in [0.1, 0.15) is 0 Å². The van der Waals surface area contributed by atoms with Crippen LogP contribution in [0.5, 0.6) is 0 Å². The summed E-state index contributed by atoms with van der Waals surface area (Å²) in [6.07, 6.45) is 1.67. The molecule has 25 heavy (non-hydrogen) atoms. The minimum atomic E-state index is -0.0399. The molecule has 1 aromatic heterocycles. The number of carbonyl (C=O) groups excluding carboxylic acids is 1. The summed E-state index contributed by atoms with van der Waals surface area (Å²) in [4.78, 5) is 14.7. The highest BCUT2D eigenvalue weighted by Gasteiger charge is 2.15. The van der Waals surface area contributed by atoms with Gasteiger partial charge >= 0.3 is 0 Å². The third-order valence-electron chi connectivity index (χ3n) is 4.45. The number of carbonyl (C=O) groups is 1. The van der Waals surface area contributed by atoms with Crippen molar-refractivity contribution >= 4 is 18.3 Å². The maximum atomic E-state index is 12.4. The van der Waals surface area contributed by atoms with Crippen LogP contribution in [-0.4, -0.2) is 59.9 Å². The Morgan fingerprint density at radius 2 is 1.96 bits per heavy atom. The van der Waals surface area contributed by atoms with Crippen molar-refractivity contribution in [3.8, 4) is 0 Å². The molecule has 0 saturated carbocycles. The summed E-state index contributed by atoms with van der Waals surface area (Å²) in [5.41, 5.74) is 2.74. The van der Waals surface area contributed by atoms with Gasteiger partial charge in [-0.25, -0.2) is 0 Å². The third-order valence-corrected chi connectivity index (χ3v) is 4.45. The number of hydrogen-bond donors (Lipinski definition) is 2. The minimum Gasteiger partial charge on any atom is -0.351 e. The topological polar surface area (TPSA) is 62.2 Å². The molecular formula is C18H26ClN5O. The van der Waals surface area contributed by atoms with E-state index in [4.69, 9.17) is 0 Å². The molecule has 7 heteroatoms. The fourth-order valence-corrected chi connectivity index (χ4v) is 2.94. The van der Waals surface area contributed by atoms with Gasteiger partial charge in [0.2, 0.25) is 0 Å². The van der Waals surface area contributed by atoms with Crippen LogP contribution >= 0.6 is 12.4 Å². The molecule has 1 saturated heterocycles. The summed E-state index contributed by atoms with van der Waals surface area (Å²) in [5.74, 6) is -0.0399. The Morgan fingerprint density at radius 3 is 2.68 bits per heavy atom. The van der Waals surface area contributed by atoms with Crippen LogP contribution in [0.25, 0.3) is 0 Å². The van der Waals surface area contributed by atoms with E-state index in [1.165, 1.54) is 5.56 Å². The summed E-state index contributed by atoms with van der Waals surface area (Å²) in [7, 11) is 0. The lowest BCUT2D eigenvalue weighted by Crippen LogP contribution is -2.46. The van der Waals surface area contributed by atoms with Crippen molar-refractivity contribution in [2.24, 2.45) is 0 Å². The van der Waals surface area contributed by atoms with E-state index < -0.39 is 0 Å². The van der Waals surface area contributed by atoms with E-state index in [2.05, 4.69) is 32.8 Å². The van der Waals surface area contributed by atoms with Gasteiger partial charge in [0.15, 0.2) is 0 Å². The first kappa shape index (κ1) is 19.4. The molecule has 0 atom stereocenters. The van der Waals surface area contributed by atoms with Crippen LogP contribution in [0.15, 0.2) is 36.5 Å². The van der Waals surface area contributed by atoms with Crippen molar-refractivity contribution < 1.29 is 4.79 Å². The molecule has 0 bridgehead atoms. The molecule has 0 spiro atoms. The molecule has 1 fully saturated rings. The molecule has 1 aliphatic rings. The van der Waals surface area contributed by atoms with Gasteiger partial charge in [-0.1, -0.05) is 30.3 Å². The minimum absolute atomic E-state index is 0. The maximum absolute atomic E-state index is 12.4. The summed E-state index contributed by atoms with van der Waals surface area (Å²) < 4.78 is 1.88. The van der Waals surface area contributed by atoms with Crippen molar-refractivity contribution in [1.29, 1.82) is 0 Å². The summed E-state index contributed by atoms with van der Waals surface area (Å²) in [5, 5.41) is 10.7. The second kappa shape index (κ2) is 9.56. The molecule has 0 aliphatic carbocycles. The van der Waals surface area contributed by atoms with Gasteiger partial charge < -0.3 is 10.6 Å². The average molecular weight is 364 g/mol. The molecule has 3 rings (SSSR count). The Balaban J connectivity index is 0.00000225. The van der Waals surface area contributed by atoms with E-state index in [1.54, 1.807) is 6.20 Å². The largest absolute Gasteiger partial charge is 0.351 e. The van der Waals surface area contributed by atoms with Gasteiger partial charge in [-0.15, -0.1) is 12.4 Å². The summed E-state index contributed by atoms with van der Waals surface area (Å²) in [6, 6.07) is 10.1. The standard InChI is InChI=1S/C18H25N5O.ClH/c1-15-17(13-21-23(15)14-16-5-3-2-4-6-16)18(24)20-9-12-22-10-7-19-8-11-22;/h2-6,13,19H,7-12,14H2,1H3,(H,20,24);1H. The first-order valence-corrected chi connectivity index (χ1v) is 8.51. The number of amides is 1. The van der Waals surface area contributed by atoms with Crippen molar-refractivity contribution in [3.05, 3.63) is 53.3 Å². The Labute approximate surface area is 155 Å². The fraction of sp³-hybridized carbons (Fsp3) is 0.444. The number of nitrogens with one attached hydrogen (secondary N) is 2. The van der Waals surface area contributed by atoms with E-state index >= 15 is 0 Å². The van der Waals surface area contributed by atoms with Crippen LogP contribution in [0.3, 0.4) is 0 Å². The lowest BCUT2D eigenvalue weighted by molar-refractivity contribution is 0.0946. The molecule has 136 valence electrons. The number of piperazine rings is 1. The molecule has 0 radical (unpaired) electrons. The van der Waals surface area contributed by atoms with Crippen molar-refractivity contribution in [1.82, 2.24) is 25.3 Å².